The molecule has 2 aromatic rings. The third-order valence-corrected chi connectivity index (χ3v) is 3.66. The summed E-state index contributed by atoms with van der Waals surface area (Å²) >= 11 is 0. The number of carbonyl (C=O) groups is 1. The first kappa shape index (κ1) is 16.9. The highest BCUT2D eigenvalue weighted by Gasteiger charge is 2.19. The quantitative estimate of drug-likeness (QED) is 0.830. The van der Waals surface area contributed by atoms with Crippen LogP contribution in [0.15, 0.2) is 30.3 Å². The van der Waals surface area contributed by atoms with E-state index in [4.69, 9.17) is 0 Å². The van der Waals surface area contributed by atoms with E-state index in [-0.39, 0.29) is 0 Å². The molecule has 2 N–H and O–H groups in total. The van der Waals surface area contributed by atoms with Crippen LogP contribution in [-0.4, -0.2) is 11.9 Å². The lowest BCUT2D eigenvalue weighted by Crippen LogP contribution is -2.32. The van der Waals surface area contributed by atoms with Crippen molar-refractivity contribution in [3.8, 4) is 0 Å². The smallest absolute Gasteiger partial charge is 0.246 e. The van der Waals surface area contributed by atoms with E-state index >= 15 is 0 Å². The van der Waals surface area contributed by atoms with Crippen LogP contribution < -0.4 is 10.6 Å². The number of nitrogens with one attached hydrogen (secondary N) is 2. The van der Waals surface area contributed by atoms with E-state index < -0.39 is 35.1 Å². The van der Waals surface area contributed by atoms with Crippen LogP contribution in [0, 0.1) is 31.3 Å². The van der Waals surface area contributed by atoms with Gasteiger partial charge in [0.1, 0.15) is 6.04 Å². The van der Waals surface area contributed by atoms with Crippen LogP contribution >= 0.6 is 0 Å². The van der Waals surface area contributed by atoms with Gasteiger partial charge in [0.05, 0.1) is 5.69 Å². The fraction of sp³-hybridized carbons (Fsp3) is 0.235. The topological polar surface area (TPSA) is 41.1 Å². The number of amides is 1. The van der Waals surface area contributed by atoms with Crippen LogP contribution in [0.1, 0.15) is 18.1 Å². The highest BCUT2D eigenvalue weighted by atomic mass is 19.2. The molecular formula is C17H17F3N2O. The van der Waals surface area contributed by atoms with Crippen molar-refractivity contribution in [1.82, 2.24) is 0 Å². The molecule has 2 aromatic carbocycles. The Morgan fingerprint density at radius 3 is 2.39 bits per heavy atom. The van der Waals surface area contributed by atoms with Crippen molar-refractivity contribution in [3.05, 3.63) is 58.9 Å². The first-order chi connectivity index (χ1) is 10.8. The molecule has 0 saturated carbocycles. The van der Waals surface area contributed by atoms with Gasteiger partial charge in [-0.25, -0.2) is 13.2 Å². The third kappa shape index (κ3) is 3.64. The zero-order valence-corrected chi connectivity index (χ0v) is 13.0. The number of benzene rings is 2. The number of halogens is 3. The molecule has 0 fully saturated rings. The number of carbonyl (C=O) groups excluding carboxylic acids is 1. The van der Waals surface area contributed by atoms with Crippen LogP contribution in [0.2, 0.25) is 0 Å². The summed E-state index contributed by atoms with van der Waals surface area (Å²) < 4.78 is 39.6. The maximum absolute atomic E-state index is 13.6. The summed E-state index contributed by atoms with van der Waals surface area (Å²) in [6, 6.07) is 6.67. The van der Waals surface area contributed by atoms with E-state index in [1.165, 1.54) is 0 Å². The van der Waals surface area contributed by atoms with Gasteiger partial charge in [-0.15, -0.1) is 0 Å². The molecule has 1 amide bonds. The molecule has 0 radical (unpaired) electrons. The Kier molecular flexibility index (Phi) is 4.93. The van der Waals surface area contributed by atoms with Gasteiger partial charge in [-0.3, -0.25) is 4.79 Å². The molecule has 0 aliphatic carbocycles. The van der Waals surface area contributed by atoms with Gasteiger partial charge in [-0.2, -0.15) is 0 Å². The highest BCUT2D eigenvalue weighted by Crippen LogP contribution is 2.21. The third-order valence-electron chi connectivity index (χ3n) is 3.66. The molecule has 0 heterocycles. The lowest BCUT2D eigenvalue weighted by molar-refractivity contribution is -0.116. The molecule has 0 aliphatic rings. The Morgan fingerprint density at radius 2 is 1.70 bits per heavy atom. The lowest BCUT2D eigenvalue weighted by atomic mass is 10.1. The minimum absolute atomic E-state index is 0.400. The molecule has 0 saturated heterocycles. The molecule has 0 aliphatic heterocycles. The van der Waals surface area contributed by atoms with Crippen molar-refractivity contribution in [3.63, 3.8) is 0 Å². The molecule has 23 heavy (non-hydrogen) atoms. The summed E-state index contributed by atoms with van der Waals surface area (Å²) in [5.41, 5.74) is 2.43. The van der Waals surface area contributed by atoms with Crippen LogP contribution in [0.3, 0.4) is 0 Å². The summed E-state index contributed by atoms with van der Waals surface area (Å²) in [6.07, 6.45) is 0. The predicted molar refractivity (Wildman–Crippen MR) is 83.9 cm³/mol. The standard InChI is InChI=1S/C17H17F3N2O/c1-9-5-4-6-13(10(9)2)21-11(3)17(23)22-14-8-7-12(18)15(19)16(14)20/h4-8,11,21H,1-3H3,(H,22,23). The van der Waals surface area contributed by atoms with Crippen LogP contribution in [0.5, 0.6) is 0 Å². The molecular weight excluding hydrogens is 305 g/mol. The SMILES string of the molecule is Cc1cccc(NC(C)C(=O)Nc2ccc(F)c(F)c2F)c1C. The van der Waals surface area contributed by atoms with Crippen molar-refractivity contribution in [1.29, 1.82) is 0 Å². The number of hydrogen-bond donors (Lipinski definition) is 2. The average Bonchev–Trinajstić information content (AvgIpc) is 2.52. The second-order valence-electron chi connectivity index (χ2n) is 5.33. The number of rotatable bonds is 4. The van der Waals surface area contributed by atoms with Crippen molar-refractivity contribution >= 4 is 17.3 Å². The molecule has 1 atom stereocenters. The summed E-state index contributed by atoms with van der Waals surface area (Å²) in [5, 5.41) is 5.26. The maximum Gasteiger partial charge on any atom is 0.246 e. The molecule has 1 unspecified atom stereocenters. The predicted octanol–water partition coefficient (Wildman–Crippen LogP) is 4.16. The largest absolute Gasteiger partial charge is 0.374 e. The van der Waals surface area contributed by atoms with E-state index in [0.717, 1.165) is 28.9 Å². The number of anilines is 2. The molecule has 122 valence electrons. The van der Waals surface area contributed by atoms with Crippen molar-refractivity contribution in [2.75, 3.05) is 10.6 Å². The fourth-order valence-corrected chi connectivity index (χ4v) is 2.07. The van der Waals surface area contributed by atoms with E-state index in [1.54, 1.807) is 6.92 Å². The molecule has 0 aromatic heterocycles. The molecule has 0 spiro atoms. The van der Waals surface area contributed by atoms with Gasteiger partial charge in [0.25, 0.3) is 0 Å². The van der Waals surface area contributed by atoms with Crippen molar-refractivity contribution in [2.24, 2.45) is 0 Å². The first-order valence-corrected chi connectivity index (χ1v) is 7.08. The minimum atomic E-state index is -1.61. The minimum Gasteiger partial charge on any atom is -0.374 e. The molecule has 0 bridgehead atoms. The highest BCUT2D eigenvalue weighted by molar-refractivity contribution is 5.96. The van der Waals surface area contributed by atoms with Gasteiger partial charge in [-0.05, 0) is 50.1 Å². The second kappa shape index (κ2) is 6.73. The Labute approximate surface area is 132 Å². The monoisotopic (exact) mass is 322 g/mol. The fourth-order valence-electron chi connectivity index (χ4n) is 2.07. The molecule has 3 nitrogen and oxygen atoms in total. The number of aryl methyl sites for hydroxylation is 1. The normalized spacial score (nSPS) is 11.9. The first-order valence-electron chi connectivity index (χ1n) is 7.08. The van der Waals surface area contributed by atoms with Gasteiger partial charge in [0.2, 0.25) is 5.91 Å². The summed E-state index contributed by atoms with van der Waals surface area (Å²) in [5.74, 6) is -4.90. The average molecular weight is 322 g/mol. The Morgan fingerprint density at radius 1 is 1.00 bits per heavy atom. The van der Waals surface area contributed by atoms with Crippen molar-refractivity contribution < 1.29 is 18.0 Å². The van der Waals surface area contributed by atoms with E-state index in [0.29, 0.717) is 0 Å². The van der Waals surface area contributed by atoms with E-state index in [9.17, 15) is 18.0 Å². The summed E-state index contributed by atoms with van der Waals surface area (Å²) in [7, 11) is 0. The molecule has 6 heteroatoms. The van der Waals surface area contributed by atoms with E-state index in [2.05, 4.69) is 10.6 Å². The van der Waals surface area contributed by atoms with Crippen LogP contribution in [-0.2, 0) is 4.79 Å². The van der Waals surface area contributed by atoms with Gasteiger partial charge in [0, 0.05) is 5.69 Å². The second-order valence-corrected chi connectivity index (χ2v) is 5.33. The molecule has 2 rings (SSSR count). The Balaban J connectivity index is 2.12. The van der Waals surface area contributed by atoms with Crippen LogP contribution in [0.25, 0.3) is 0 Å². The van der Waals surface area contributed by atoms with Gasteiger partial charge >= 0.3 is 0 Å². The zero-order valence-electron chi connectivity index (χ0n) is 13.0. The van der Waals surface area contributed by atoms with Crippen LogP contribution in [0.4, 0.5) is 24.5 Å². The summed E-state index contributed by atoms with van der Waals surface area (Å²) in [6.45, 7) is 5.45. The van der Waals surface area contributed by atoms with Gasteiger partial charge in [0.15, 0.2) is 17.5 Å². The Bertz CT molecular complexity index is 747. The van der Waals surface area contributed by atoms with Gasteiger partial charge < -0.3 is 10.6 Å². The lowest BCUT2D eigenvalue weighted by Gasteiger charge is -2.18. The van der Waals surface area contributed by atoms with Crippen molar-refractivity contribution in [2.45, 2.75) is 26.8 Å². The van der Waals surface area contributed by atoms with E-state index in [1.807, 2.05) is 32.0 Å². The maximum atomic E-state index is 13.6. The zero-order chi connectivity index (χ0) is 17.1. The summed E-state index contributed by atoms with van der Waals surface area (Å²) in [4.78, 5) is 12.1. The number of hydrogen-bond acceptors (Lipinski definition) is 2. The van der Waals surface area contributed by atoms with Gasteiger partial charge in [-0.1, -0.05) is 12.1 Å². The Hall–Kier alpha value is -2.50.